The van der Waals surface area contributed by atoms with Crippen molar-refractivity contribution in [3.8, 4) is 0 Å². The third-order valence-electron chi connectivity index (χ3n) is 2.16. The minimum atomic E-state index is 0.825. The fraction of sp³-hybridized carbons (Fsp3) is 0.750. The summed E-state index contributed by atoms with van der Waals surface area (Å²) in [7, 11) is 1.93. The van der Waals surface area contributed by atoms with E-state index in [1.165, 1.54) is 12.8 Å². The first-order valence-corrected chi connectivity index (χ1v) is 5.44. The molecule has 4 nitrogen and oxygen atoms in total. The summed E-state index contributed by atoms with van der Waals surface area (Å²) >= 11 is 1.70. The van der Waals surface area contributed by atoms with Crippen LogP contribution >= 0.6 is 11.3 Å². The molecule has 0 amide bonds. The standard InChI is InChI=1S/C8H14N4S/c1-9-6-7-10-11-8(13-7)12-4-2-3-5-12/h9H,2-6H2,1H3. The smallest absolute Gasteiger partial charge is 0.208 e. The molecule has 0 unspecified atom stereocenters. The first-order chi connectivity index (χ1) is 6.40. The highest BCUT2D eigenvalue weighted by Gasteiger charge is 2.16. The predicted molar refractivity (Wildman–Crippen MR) is 54.1 cm³/mol. The summed E-state index contributed by atoms with van der Waals surface area (Å²) in [5.74, 6) is 0. The number of hydrogen-bond donors (Lipinski definition) is 1. The zero-order chi connectivity index (χ0) is 9.10. The number of nitrogens with zero attached hydrogens (tertiary/aromatic N) is 3. The highest BCUT2D eigenvalue weighted by Crippen LogP contribution is 2.23. The summed E-state index contributed by atoms with van der Waals surface area (Å²) in [6, 6.07) is 0. The molecule has 0 aromatic carbocycles. The molecule has 72 valence electrons. The summed E-state index contributed by atoms with van der Waals surface area (Å²) in [6.07, 6.45) is 2.59. The van der Waals surface area contributed by atoms with Crippen molar-refractivity contribution >= 4 is 16.5 Å². The van der Waals surface area contributed by atoms with Gasteiger partial charge in [-0.15, -0.1) is 10.2 Å². The molecule has 1 N–H and O–H groups in total. The van der Waals surface area contributed by atoms with Gasteiger partial charge >= 0.3 is 0 Å². The van der Waals surface area contributed by atoms with Gasteiger partial charge in [0.15, 0.2) is 0 Å². The Labute approximate surface area is 82.0 Å². The number of rotatable bonds is 3. The first kappa shape index (κ1) is 8.90. The van der Waals surface area contributed by atoms with Crippen LogP contribution in [0, 0.1) is 0 Å². The van der Waals surface area contributed by atoms with Crippen LogP contribution in [-0.2, 0) is 6.54 Å². The number of anilines is 1. The summed E-state index contributed by atoms with van der Waals surface area (Å²) in [5.41, 5.74) is 0. The second-order valence-electron chi connectivity index (χ2n) is 3.20. The fourth-order valence-corrected chi connectivity index (χ4v) is 2.41. The van der Waals surface area contributed by atoms with Gasteiger partial charge in [-0.25, -0.2) is 0 Å². The van der Waals surface area contributed by atoms with Gasteiger partial charge < -0.3 is 10.2 Å². The molecule has 1 aliphatic rings. The second kappa shape index (κ2) is 4.02. The predicted octanol–water partition coefficient (Wildman–Crippen LogP) is 0.858. The van der Waals surface area contributed by atoms with Crippen molar-refractivity contribution < 1.29 is 0 Å². The quantitative estimate of drug-likeness (QED) is 0.782. The monoisotopic (exact) mass is 198 g/mol. The van der Waals surface area contributed by atoms with E-state index in [4.69, 9.17) is 0 Å². The lowest BCUT2D eigenvalue weighted by Gasteiger charge is -2.10. The van der Waals surface area contributed by atoms with Gasteiger partial charge in [0.2, 0.25) is 5.13 Å². The average molecular weight is 198 g/mol. The molecule has 0 bridgehead atoms. The van der Waals surface area contributed by atoms with Gasteiger partial charge in [-0.2, -0.15) is 0 Å². The number of nitrogens with one attached hydrogen (secondary N) is 1. The highest BCUT2D eigenvalue weighted by atomic mass is 32.1. The normalized spacial score (nSPS) is 16.8. The zero-order valence-corrected chi connectivity index (χ0v) is 8.60. The Hall–Kier alpha value is -0.680. The lowest BCUT2D eigenvalue weighted by molar-refractivity contribution is 0.792. The van der Waals surface area contributed by atoms with Crippen molar-refractivity contribution in [1.29, 1.82) is 0 Å². The molecule has 0 atom stereocenters. The maximum absolute atomic E-state index is 4.17. The molecule has 1 aromatic heterocycles. The molecule has 2 heterocycles. The SMILES string of the molecule is CNCc1nnc(N2CCCC2)s1. The Morgan fingerprint density at radius 1 is 1.38 bits per heavy atom. The van der Waals surface area contributed by atoms with E-state index in [2.05, 4.69) is 20.4 Å². The van der Waals surface area contributed by atoms with Gasteiger partial charge in [-0.05, 0) is 19.9 Å². The largest absolute Gasteiger partial charge is 0.347 e. The molecule has 0 radical (unpaired) electrons. The van der Waals surface area contributed by atoms with Gasteiger partial charge in [-0.3, -0.25) is 0 Å². The summed E-state index contributed by atoms with van der Waals surface area (Å²) in [4.78, 5) is 2.32. The third-order valence-corrected chi connectivity index (χ3v) is 3.14. The summed E-state index contributed by atoms with van der Waals surface area (Å²) < 4.78 is 0. The van der Waals surface area contributed by atoms with Crippen LogP contribution < -0.4 is 10.2 Å². The van der Waals surface area contributed by atoms with Gasteiger partial charge in [0, 0.05) is 19.6 Å². The highest BCUT2D eigenvalue weighted by molar-refractivity contribution is 7.15. The molecule has 1 aromatic rings. The van der Waals surface area contributed by atoms with Gasteiger partial charge in [0.05, 0.1) is 0 Å². The molecule has 2 rings (SSSR count). The molecular formula is C8H14N4S. The Kier molecular flexibility index (Phi) is 2.75. The molecule has 5 heteroatoms. The van der Waals surface area contributed by atoms with Crippen molar-refractivity contribution in [3.63, 3.8) is 0 Å². The first-order valence-electron chi connectivity index (χ1n) is 4.62. The molecule has 13 heavy (non-hydrogen) atoms. The van der Waals surface area contributed by atoms with E-state index < -0.39 is 0 Å². The van der Waals surface area contributed by atoms with Crippen LogP contribution in [0.4, 0.5) is 5.13 Å². The van der Waals surface area contributed by atoms with Gasteiger partial charge in [-0.1, -0.05) is 11.3 Å². The zero-order valence-electron chi connectivity index (χ0n) is 7.79. The molecule has 1 saturated heterocycles. The van der Waals surface area contributed by atoms with Crippen LogP contribution in [0.15, 0.2) is 0 Å². The average Bonchev–Trinajstić information content (AvgIpc) is 2.70. The van der Waals surface area contributed by atoms with Crippen molar-refractivity contribution in [2.75, 3.05) is 25.0 Å². The minimum Gasteiger partial charge on any atom is -0.347 e. The van der Waals surface area contributed by atoms with Crippen molar-refractivity contribution in [2.24, 2.45) is 0 Å². The third kappa shape index (κ3) is 1.97. The lowest BCUT2D eigenvalue weighted by atomic mass is 10.4. The van der Waals surface area contributed by atoms with Crippen LogP contribution in [0.2, 0.25) is 0 Å². The number of aromatic nitrogens is 2. The van der Waals surface area contributed by atoms with E-state index in [1.807, 2.05) is 7.05 Å². The Balaban J connectivity index is 2.03. The topological polar surface area (TPSA) is 41.1 Å². The Morgan fingerprint density at radius 3 is 2.85 bits per heavy atom. The van der Waals surface area contributed by atoms with Crippen molar-refractivity contribution in [1.82, 2.24) is 15.5 Å². The molecule has 0 saturated carbocycles. The van der Waals surface area contributed by atoms with E-state index in [0.29, 0.717) is 0 Å². The minimum absolute atomic E-state index is 0.825. The van der Waals surface area contributed by atoms with E-state index in [9.17, 15) is 0 Å². The van der Waals surface area contributed by atoms with Crippen LogP contribution in [0.5, 0.6) is 0 Å². The summed E-state index contributed by atoms with van der Waals surface area (Å²) in [6.45, 7) is 3.12. The molecule has 1 aliphatic heterocycles. The van der Waals surface area contributed by atoms with Gasteiger partial charge in [0.25, 0.3) is 0 Å². The van der Waals surface area contributed by atoms with Crippen molar-refractivity contribution in [2.45, 2.75) is 19.4 Å². The summed E-state index contributed by atoms with van der Waals surface area (Å²) in [5, 5.41) is 13.5. The van der Waals surface area contributed by atoms with E-state index in [0.717, 1.165) is 29.8 Å². The maximum Gasteiger partial charge on any atom is 0.208 e. The van der Waals surface area contributed by atoms with E-state index in [-0.39, 0.29) is 0 Å². The van der Waals surface area contributed by atoms with Crippen LogP contribution in [0.3, 0.4) is 0 Å². The van der Waals surface area contributed by atoms with E-state index >= 15 is 0 Å². The van der Waals surface area contributed by atoms with Crippen LogP contribution in [0.1, 0.15) is 17.8 Å². The Morgan fingerprint density at radius 2 is 2.15 bits per heavy atom. The lowest BCUT2D eigenvalue weighted by Crippen LogP contribution is -2.17. The molecular weight excluding hydrogens is 184 g/mol. The van der Waals surface area contributed by atoms with Crippen molar-refractivity contribution in [3.05, 3.63) is 5.01 Å². The Bertz CT molecular complexity index is 267. The molecule has 1 fully saturated rings. The maximum atomic E-state index is 4.17. The molecule has 0 aliphatic carbocycles. The van der Waals surface area contributed by atoms with Crippen LogP contribution in [-0.4, -0.2) is 30.3 Å². The molecule has 0 spiro atoms. The second-order valence-corrected chi connectivity index (χ2v) is 4.24. The fourth-order valence-electron chi connectivity index (χ4n) is 1.50. The van der Waals surface area contributed by atoms with Crippen LogP contribution in [0.25, 0.3) is 0 Å². The number of hydrogen-bond acceptors (Lipinski definition) is 5. The van der Waals surface area contributed by atoms with Gasteiger partial charge in [0.1, 0.15) is 5.01 Å². The van der Waals surface area contributed by atoms with E-state index in [1.54, 1.807) is 11.3 Å².